The minimum absolute atomic E-state index is 0.0996. The van der Waals surface area contributed by atoms with Gasteiger partial charge in [0.25, 0.3) is 5.91 Å². The number of thioether (sulfide) groups is 1. The maximum Gasteiger partial charge on any atom is 0.275 e. The summed E-state index contributed by atoms with van der Waals surface area (Å²) in [5, 5.41) is 0. The molecule has 1 unspecified atom stereocenters. The van der Waals surface area contributed by atoms with Gasteiger partial charge in [0.2, 0.25) is 4.93 Å². The number of carbonyl (C=O) groups excluding carboxylic acids is 1. The van der Waals surface area contributed by atoms with Crippen LogP contribution in [0.2, 0.25) is 0 Å². The van der Waals surface area contributed by atoms with E-state index in [1.54, 1.807) is 11.8 Å². The van der Waals surface area contributed by atoms with Crippen molar-refractivity contribution in [2.45, 2.75) is 24.2 Å². The number of nitrogens with zero attached hydrogens (tertiary/aromatic N) is 2. The molecule has 146 valence electrons. The number of piperidine rings is 1. The zero-order valence-electron chi connectivity index (χ0n) is 16.0. The molecule has 3 aliphatic heterocycles. The molecule has 1 amide bonds. The zero-order chi connectivity index (χ0) is 19.0. The molecule has 5 heteroatoms. The molecule has 0 saturated carbocycles. The van der Waals surface area contributed by atoms with Crippen LogP contribution in [-0.4, -0.2) is 42.9 Å². The average Bonchev–Trinajstić information content (AvgIpc) is 3.32. The highest BCUT2D eigenvalue weighted by Gasteiger charge is 2.55. The van der Waals surface area contributed by atoms with Crippen LogP contribution in [0.15, 0.2) is 54.6 Å². The third kappa shape index (κ3) is 3.15. The molecule has 0 radical (unpaired) electrons. The largest absolute Gasteiger partial charge is 0.350 e. The molecule has 3 heterocycles. The first-order valence-corrected chi connectivity index (χ1v) is 11.2. The average molecular weight is 395 g/mol. The van der Waals surface area contributed by atoms with Gasteiger partial charge in [0, 0.05) is 24.4 Å². The van der Waals surface area contributed by atoms with Crippen molar-refractivity contribution in [1.82, 2.24) is 4.90 Å². The Morgan fingerprint density at radius 2 is 1.79 bits per heavy atom. The highest BCUT2D eigenvalue weighted by Crippen LogP contribution is 2.52. The van der Waals surface area contributed by atoms with Crippen molar-refractivity contribution in [2.24, 2.45) is 5.92 Å². The van der Waals surface area contributed by atoms with Crippen molar-refractivity contribution in [3.8, 4) is 0 Å². The van der Waals surface area contributed by atoms with Crippen LogP contribution in [0, 0.1) is 5.92 Å². The quantitative estimate of drug-likeness (QED) is 0.788. The first-order valence-electron chi connectivity index (χ1n) is 10.2. The van der Waals surface area contributed by atoms with Gasteiger partial charge in [-0.1, -0.05) is 48.5 Å². The molecular formula is C23H26N2O2S. The van der Waals surface area contributed by atoms with Crippen molar-refractivity contribution in [1.29, 1.82) is 0 Å². The standard InChI is InChI=1S/C23H26N2O2S/c26-22-23(27-14-15-28-23)20-8-4-5-9-21(20)25(22)17-24-12-10-19(11-13-24)16-18-6-2-1-3-7-18/h1-9,19H,10-17H2. The van der Waals surface area contributed by atoms with E-state index in [9.17, 15) is 4.79 Å². The number of hydrogen-bond donors (Lipinski definition) is 0. The number of anilines is 1. The molecule has 1 atom stereocenters. The van der Waals surface area contributed by atoms with E-state index in [4.69, 9.17) is 4.74 Å². The van der Waals surface area contributed by atoms with E-state index in [1.807, 2.05) is 17.0 Å². The van der Waals surface area contributed by atoms with Gasteiger partial charge in [-0.05, 0) is 36.8 Å². The Hall–Kier alpha value is -1.82. The minimum Gasteiger partial charge on any atom is -0.350 e. The van der Waals surface area contributed by atoms with E-state index in [0.29, 0.717) is 13.3 Å². The second-order valence-electron chi connectivity index (χ2n) is 7.96. The fourth-order valence-electron chi connectivity index (χ4n) is 4.70. The molecule has 2 aromatic rings. The second-order valence-corrected chi connectivity index (χ2v) is 9.23. The summed E-state index contributed by atoms with van der Waals surface area (Å²) in [5.74, 6) is 1.71. The third-order valence-electron chi connectivity index (χ3n) is 6.19. The number of hydrogen-bond acceptors (Lipinski definition) is 4. The molecule has 2 saturated heterocycles. The number of fused-ring (bicyclic) bond motifs is 2. The van der Waals surface area contributed by atoms with Gasteiger partial charge in [-0.15, -0.1) is 11.8 Å². The number of carbonyl (C=O) groups is 1. The fourth-order valence-corrected chi connectivity index (χ4v) is 5.88. The lowest BCUT2D eigenvalue weighted by atomic mass is 9.90. The monoisotopic (exact) mass is 394 g/mol. The first kappa shape index (κ1) is 18.2. The van der Waals surface area contributed by atoms with Crippen LogP contribution < -0.4 is 4.90 Å². The number of amides is 1. The van der Waals surface area contributed by atoms with Crippen LogP contribution in [0.25, 0.3) is 0 Å². The van der Waals surface area contributed by atoms with Crippen molar-refractivity contribution in [3.63, 3.8) is 0 Å². The van der Waals surface area contributed by atoms with Gasteiger partial charge in [-0.2, -0.15) is 0 Å². The SMILES string of the molecule is O=C1N(CN2CCC(Cc3ccccc3)CC2)c2ccccc2C12OCCS2. The highest BCUT2D eigenvalue weighted by molar-refractivity contribution is 8.01. The molecule has 0 aliphatic carbocycles. The van der Waals surface area contributed by atoms with E-state index >= 15 is 0 Å². The summed E-state index contributed by atoms with van der Waals surface area (Å²) in [5.41, 5.74) is 3.48. The lowest BCUT2D eigenvalue weighted by molar-refractivity contribution is -0.131. The van der Waals surface area contributed by atoms with Gasteiger partial charge < -0.3 is 4.74 Å². The zero-order valence-corrected chi connectivity index (χ0v) is 16.9. The van der Waals surface area contributed by atoms with Crippen LogP contribution in [0.1, 0.15) is 24.0 Å². The minimum atomic E-state index is -0.803. The Kier molecular flexibility index (Phi) is 4.91. The molecule has 3 aliphatic rings. The summed E-state index contributed by atoms with van der Waals surface area (Å²) in [6, 6.07) is 18.9. The number of likely N-dealkylation sites (tertiary alicyclic amines) is 1. The van der Waals surface area contributed by atoms with Crippen molar-refractivity contribution in [3.05, 3.63) is 65.7 Å². The second kappa shape index (κ2) is 7.54. The normalized spacial score (nSPS) is 25.6. The molecule has 28 heavy (non-hydrogen) atoms. The number of benzene rings is 2. The maximum absolute atomic E-state index is 13.3. The maximum atomic E-state index is 13.3. The van der Waals surface area contributed by atoms with E-state index in [-0.39, 0.29) is 5.91 Å². The van der Waals surface area contributed by atoms with Crippen LogP contribution in [0.4, 0.5) is 5.69 Å². The van der Waals surface area contributed by atoms with Gasteiger partial charge in [0.15, 0.2) is 0 Å². The summed E-state index contributed by atoms with van der Waals surface area (Å²) in [6.07, 6.45) is 3.54. The number of para-hydroxylation sites is 1. The van der Waals surface area contributed by atoms with Gasteiger partial charge in [0.1, 0.15) is 0 Å². The third-order valence-corrected chi connectivity index (χ3v) is 7.48. The molecule has 0 bridgehead atoms. The molecule has 0 aromatic heterocycles. The Morgan fingerprint density at radius 1 is 1.04 bits per heavy atom. The Bertz CT molecular complexity index is 843. The van der Waals surface area contributed by atoms with Crippen molar-refractivity contribution >= 4 is 23.4 Å². The van der Waals surface area contributed by atoms with E-state index in [0.717, 1.165) is 42.4 Å². The molecular weight excluding hydrogens is 368 g/mol. The van der Waals surface area contributed by atoms with Crippen LogP contribution in [0.5, 0.6) is 0 Å². The lowest BCUT2D eigenvalue weighted by Crippen LogP contribution is -2.46. The van der Waals surface area contributed by atoms with Crippen molar-refractivity contribution < 1.29 is 9.53 Å². The fraction of sp³-hybridized carbons (Fsp3) is 0.435. The molecule has 0 N–H and O–H groups in total. The van der Waals surface area contributed by atoms with Crippen LogP contribution >= 0.6 is 11.8 Å². The van der Waals surface area contributed by atoms with Gasteiger partial charge in [0.05, 0.1) is 19.0 Å². The van der Waals surface area contributed by atoms with Gasteiger partial charge >= 0.3 is 0 Å². The lowest BCUT2D eigenvalue weighted by Gasteiger charge is -2.35. The summed E-state index contributed by atoms with van der Waals surface area (Å²) in [6.45, 7) is 3.40. The predicted octanol–water partition coefficient (Wildman–Crippen LogP) is 3.86. The summed E-state index contributed by atoms with van der Waals surface area (Å²) in [4.78, 5) is 16.9. The van der Waals surface area contributed by atoms with Crippen LogP contribution in [0.3, 0.4) is 0 Å². The van der Waals surface area contributed by atoms with Gasteiger partial charge in [-0.3, -0.25) is 14.6 Å². The summed E-state index contributed by atoms with van der Waals surface area (Å²) in [7, 11) is 0. The number of rotatable bonds is 4. The molecule has 2 fully saturated rings. The first-order chi connectivity index (χ1) is 13.8. The smallest absolute Gasteiger partial charge is 0.275 e. The molecule has 1 spiro atoms. The van der Waals surface area contributed by atoms with E-state index in [1.165, 1.54) is 18.4 Å². The number of ether oxygens (including phenoxy) is 1. The Morgan fingerprint density at radius 3 is 2.54 bits per heavy atom. The predicted molar refractivity (Wildman–Crippen MR) is 113 cm³/mol. The van der Waals surface area contributed by atoms with E-state index in [2.05, 4.69) is 47.4 Å². The van der Waals surface area contributed by atoms with E-state index < -0.39 is 4.93 Å². The topological polar surface area (TPSA) is 32.8 Å². The summed E-state index contributed by atoms with van der Waals surface area (Å²) >= 11 is 1.64. The molecule has 2 aromatic carbocycles. The molecule has 5 rings (SSSR count). The van der Waals surface area contributed by atoms with Gasteiger partial charge in [-0.25, -0.2) is 0 Å². The Labute approximate surface area is 170 Å². The van der Waals surface area contributed by atoms with Crippen LogP contribution in [-0.2, 0) is 20.9 Å². The highest BCUT2D eigenvalue weighted by atomic mass is 32.2. The van der Waals surface area contributed by atoms with Crippen molar-refractivity contribution in [2.75, 3.05) is 37.0 Å². The summed E-state index contributed by atoms with van der Waals surface area (Å²) < 4.78 is 6.00. The Balaban J connectivity index is 1.25. The molecule has 4 nitrogen and oxygen atoms in total.